The van der Waals surface area contributed by atoms with Crippen LogP contribution in [0.15, 0.2) is 18.2 Å². The highest BCUT2D eigenvalue weighted by atomic mass is 16.7. The summed E-state index contributed by atoms with van der Waals surface area (Å²) >= 11 is 0. The molecule has 5 heteroatoms. The number of carbonyl (C=O) groups is 1. The molecule has 1 aliphatic rings. The van der Waals surface area contributed by atoms with E-state index in [1.807, 2.05) is 55.4 Å². The van der Waals surface area contributed by atoms with Gasteiger partial charge in [-0.05, 0) is 45.3 Å². The van der Waals surface area contributed by atoms with Gasteiger partial charge in [-0.2, -0.15) is 0 Å². The number of aromatic carboxylic acids is 1. The van der Waals surface area contributed by atoms with Gasteiger partial charge in [-0.3, -0.25) is 0 Å². The van der Waals surface area contributed by atoms with Crippen LogP contribution in [0.3, 0.4) is 0 Å². The smallest absolute Gasteiger partial charge is 0.478 e. The Morgan fingerprint density at radius 2 is 1.77 bits per heavy atom. The molecule has 0 aliphatic carbocycles. The van der Waals surface area contributed by atoms with Gasteiger partial charge in [0.15, 0.2) is 0 Å². The Bertz CT molecular complexity index is 486. The second-order valence-corrected chi connectivity index (χ2v) is 5.21. The lowest BCUT2D eigenvalue weighted by atomic mass is 9.75. The lowest BCUT2D eigenvalue weighted by molar-refractivity contribution is 0.0697. The van der Waals surface area contributed by atoms with Crippen LogP contribution in [0, 0.1) is 6.92 Å². The minimum atomic E-state index is -0.943. The summed E-state index contributed by atoms with van der Waals surface area (Å²) in [5.74, 6) is -0.943. The summed E-state index contributed by atoms with van der Waals surface area (Å²) in [6.45, 7) is 15.8. The third kappa shape index (κ3) is 4.85. The van der Waals surface area contributed by atoms with Gasteiger partial charge in [-0.15, -0.1) is 0 Å². The predicted molar refractivity (Wildman–Crippen MR) is 91.9 cm³/mol. The lowest BCUT2D eigenvalue weighted by Crippen LogP contribution is -2.36. The van der Waals surface area contributed by atoms with Gasteiger partial charge in [-0.25, -0.2) is 4.79 Å². The monoisotopic (exact) mass is 308 g/mol. The van der Waals surface area contributed by atoms with E-state index < -0.39 is 13.1 Å². The van der Waals surface area contributed by atoms with Gasteiger partial charge in [0.05, 0.1) is 17.3 Å². The Morgan fingerprint density at radius 3 is 2.18 bits per heavy atom. The molecule has 1 aliphatic heterocycles. The number of carboxylic acids is 1. The third-order valence-corrected chi connectivity index (χ3v) is 3.50. The molecule has 0 radical (unpaired) electrons. The second kappa shape index (κ2) is 8.96. The van der Waals surface area contributed by atoms with E-state index in [4.69, 9.17) is 14.4 Å². The van der Waals surface area contributed by atoms with E-state index in [1.165, 1.54) is 0 Å². The van der Waals surface area contributed by atoms with Crippen LogP contribution in [0.5, 0.6) is 0 Å². The van der Waals surface area contributed by atoms with E-state index in [1.54, 1.807) is 18.2 Å². The van der Waals surface area contributed by atoms with Crippen molar-refractivity contribution in [3.8, 4) is 0 Å². The van der Waals surface area contributed by atoms with Crippen LogP contribution < -0.4 is 5.46 Å². The Labute approximate surface area is 135 Å². The number of carboxylic acid groups (broad SMARTS) is 1. The Hall–Kier alpha value is -1.33. The Balaban J connectivity index is 0.00000102. The number of hydrogen-bond donors (Lipinski definition) is 1. The molecule has 1 aromatic rings. The molecule has 1 N–H and O–H groups in total. The van der Waals surface area contributed by atoms with Gasteiger partial charge in [0.25, 0.3) is 0 Å². The van der Waals surface area contributed by atoms with Gasteiger partial charge in [-0.1, -0.05) is 39.3 Å². The summed E-state index contributed by atoms with van der Waals surface area (Å²) in [7, 11) is -0.491. The lowest BCUT2D eigenvalue weighted by Gasteiger charge is -2.21. The molecule has 1 heterocycles. The molecule has 1 atom stereocenters. The Kier molecular flexibility index (Phi) is 8.42. The molecule has 1 saturated heterocycles. The minimum absolute atomic E-state index is 0.0321. The van der Waals surface area contributed by atoms with Crippen molar-refractivity contribution < 1.29 is 19.2 Å². The van der Waals surface area contributed by atoms with Crippen molar-refractivity contribution in [3.63, 3.8) is 0 Å². The molecule has 2 rings (SSSR count). The molecule has 0 aromatic heterocycles. The maximum atomic E-state index is 11.0. The molecule has 124 valence electrons. The van der Waals surface area contributed by atoms with E-state index in [2.05, 4.69) is 0 Å². The van der Waals surface area contributed by atoms with Crippen molar-refractivity contribution in [1.82, 2.24) is 0 Å². The van der Waals surface area contributed by atoms with E-state index in [9.17, 15) is 4.79 Å². The molecule has 1 fully saturated rings. The first-order valence-corrected chi connectivity index (χ1v) is 7.98. The summed E-state index contributed by atoms with van der Waals surface area (Å²) in [5.41, 5.74) is 1.64. The maximum absolute atomic E-state index is 11.0. The zero-order valence-corrected chi connectivity index (χ0v) is 15.1. The third-order valence-electron chi connectivity index (χ3n) is 3.50. The molecule has 1 aromatic carbocycles. The SMILES string of the molecule is CC.CC.Cc1ccc(C(=O)O)cc1B1OC(C)C(C)(C)O1. The van der Waals surface area contributed by atoms with Crippen LogP contribution >= 0.6 is 0 Å². The van der Waals surface area contributed by atoms with Gasteiger partial charge in [0.1, 0.15) is 0 Å². The average molecular weight is 308 g/mol. The molecule has 4 nitrogen and oxygen atoms in total. The summed E-state index contributed by atoms with van der Waals surface area (Å²) in [6, 6.07) is 4.99. The topological polar surface area (TPSA) is 55.8 Å². The fourth-order valence-corrected chi connectivity index (χ4v) is 1.91. The first-order valence-electron chi connectivity index (χ1n) is 7.98. The average Bonchev–Trinajstić information content (AvgIpc) is 2.77. The first-order chi connectivity index (χ1) is 10.3. The summed E-state index contributed by atoms with van der Waals surface area (Å²) in [6.07, 6.45) is -0.0321. The van der Waals surface area contributed by atoms with Crippen LogP contribution in [0.4, 0.5) is 0 Å². The van der Waals surface area contributed by atoms with Crippen LogP contribution in [0.2, 0.25) is 0 Å². The van der Waals surface area contributed by atoms with Crippen LogP contribution in [0.25, 0.3) is 0 Å². The zero-order chi connectivity index (χ0) is 17.5. The highest BCUT2D eigenvalue weighted by Crippen LogP contribution is 2.27. The Morgan fingerprint density at radius 1 is 1.23 bits per heavy atom. The fraction of sp³-hybridized carbons (Fsp3) is 0.588. The van der Waals surface area contributed by atoms with Gasteiger partial charge in [0, 0.05) is 0 Å². The van der Waals surface area contributed by atoms with E-state index >= 15 is 0 Å². The van der Waals surface area contributed by atoms with Crippen molar-refractivity contribution in [2.24, 2.45) is 0 Å². The number of benzene rings is 1. The van der Waals surface area contributed by atoms with Gasteiger partial charge in [0.2, 0.25) is 0 Å². The van der Waals surface area contributed by atoms with Crippen molar-refractivity contribution in [2.75, 3.05) is 0 Å². The summed E-state index contributed by atoms with van der Waals surface area (Å²) in [5, 5.41) is 9.02. The van der Waals surface area contributed by atoms with E-state index in [0.717, 1.165) is 11.0 Å². The molecular weight excluding hydrogens is 279 g/mol. The number of rotatable bonds is 2. The largest absolute Gasteiger partial charge is 0.494 e. The van der Waals surface area contributed by atoms with Crippen molar-refractivity contribution >= 4 is 18.6 Å². The molecule has 1 unspecified atom stereocenters. The normalized spacial score (nSPS) is 18.7. The number of aryl methyl sites for hydroxylation is 1. The standard InChI is InChI=1S/C13H17BO4.2C2H6/c1-8-5-6-10(12(15)16)7-11(8)14-17-9(2)13(3,4)18-14;2*1-2/h5-7,9H,1-4H3,(H,15,16);2*1-2H3. The zero-order valence-electron chi connectivity index (χ0n) is 15.1. The van der Waals surface area contributed by atoms with Gasteiger partial charge < -0.3 is 14.4 Å². The molecule has 0 bridgehead atoms. The summed E-state index contributed by atoms with van der Waals surface area (Å²) < 4.78 is 11.6. The predicted octanol–water partition coefficient (Wildman–Crippen LogP) is 3.65. The molecule has 22 heavy (non-hydrogen) atoms. The van der Waals surface area contributed by atoms with Crippen LogP contribution in [0.1, 0.15) is 64.4 Å². The molecule has 0 saturated carbocycles. The van der Waals surface area contributed by atoms with Crippen molar-refractivity contribution in [3.05, 3.63) is 29.3 Å². The molecule has 0 amide bonds. The quantitative estimate of drug-likeness (QED) is 0.847. The second-order valence-electron chi connectivity index (χ2n) is 5.21. The minimum Gasteiger partial charge on any atom is -0.478 e. The number of hydrogen-bond acceptors (Lipinski definition) is 3. The highest BCUT2D eigenvalue weighted by Gasteiger charge is 2.44. The van der Waals surface area contributed by atoms with Crippen LogP contribution in [-0.2, 0) is 9.31 Å². The van der Waals surface area contributed by atoms with E-state index in [0.29, 0.717) is 0 Å². The molecular formula is C17H29BO4. The van der Waals surface area contributed by atoms with Crippen molar-refractivity contribution in [2.45, 2.75) is 67.1 Å². The van der Waals surface area contributed by atoms with Crippen LogP contribution in [-0.4, -0.2) is 29.9 Å². The van der Waals surface area contributed by atoms with Crippen molar-refractivity contribution in [1.29, 1.82) is 0 Å². The maximum Gasteiger partial charge on any atom is 0.494 e. The first kappa shape index (κ1) is 20.7. The van der Waals surface area contributed by atoms with E-state index in [-0.39, 0.29) is 17.3 Å². The fourth-order valence-electron chi connectivity index (χ4n) is 1.91. The molecule has 0 spiro atoms. The summed E-state index contributed by atoms with van der Waals surface area (Å²) in [4.78, 5) is 11.0. The highest BCUT2D eigenvalue weighted by molar-refractivity contribution is 6.62. The van der Waals surface area contributed by atoms with Gasteiger partial charge >= 0.3 is 13.1 Å².